The topological polar surface area (TPSA) is 86.8 Å². The van der Waals surface area contributed by atoms with Crippen LogP contribution in [0, 0.1) is 29.2 Å². The second-order valence-corrected chi connectivity index (χ2v) is 9.55. The van der Waals surface area contributed by atoms with Gasteiger partial charge in [0.2, 0.25) is 0 Å². The number of rotatable bonds is 1. The summed E-state index contributed by atoms with van der Waals surface area (Å²) in [6.45, 7) is 9.65. The molecule has 1 fully saturated rings. The molecule has 1 saturated carbocycles. The second-order valence-electron chi connectivity index (χ2n) is 9.55. The van der Waals surface area contributed by atoms with Gasteiger partial charge < -0.3 is 5.73 Å². The molecular weight excluding hydrogens is 398 g/mol. The highest BCUT2D eigenvalue weighted by Gasteiger charge is 2.66. The lowest BCUT2D eigenvalue weighted by molar-refractivity contribution is -0.136. The van der Waals surface area contributed by atoms with Gasteiger partial charge in [-0.3, -0.25) is 9.69 Å². The van der Waals surface area contributed by atoms with Crippen LogP contribution in [0.15, 0.2) is 41.4 Å². The van der Waals surface area contributed by atoms with E-state index in [1.807, 2.05) is 12.1 Å². The number of nitrogens with zero attached hydrogens (tertiary/aromatic N) is 4. The molecule has 1 amide bonds. The summed E-state index contributed by atoms with van der Waals surface area (Å²) in [6, 6.07) is 13.5. The third-order valence-electron chi connectivity index (χ3n) is 7.78. The average molecular weight is 424 g/mol. The summed E-state index contributed by atoms with van der Waals surface area (Å²) in [5.74, 6) is 0.870. The number of carbonyl (C=O) groups is 1. The third kappa shape index (κ3) is 2.63. The molecule has 5 rings (SSSR count). The van der Waals surface area contributed by atoms with Gasteiger partial charge in [-0.1, -0.05) is 31.9 Å². The van der Waals surface area contributed by atoms with Crippen molar-refractivity contribution in [1.82, 2.24) is 4.90 Å². The van der Waals surface area contributed by atoms with E-state index < -0.39 is 5.54 Å². The molecule has 0 saturated heterocycles. The Bertz CT molecular complexity index is 1220. The highest BCUT2D eigenvalue weighted by atomic mass is 16.2. The Morgan fingerprint density at radius 1 is 1.22 bits per heavy atom. The number of hydrogen-bond acceptors (Lipinski definition) is 4. The maximum Gasteiger partial charge on any atom is 0.262 e. The molecule has 1 heterocycles. The summed E-state index contributed by atoms with van der Waals surface area (Å²) in [4.78, 5) is 23.7. The van der Waals surface area contributed by atoms with Crippen molar-refractivity contribution in [3.8, 4) is 17.2 Å². The smallest absolute Gasteiger partial charge is 0.262 e. The number of benzene rings is 2. The first kappa shape index (κ1) is 20.3. The van der Waals surface area contributed by atoms with Crippen molar-refractivity contribution in [1.29, 1.82) is 5.26 Å². The number of likely N-dealkylation sites (N-methyl/N-ethyl adjacent to an activating group) is 1. The molecule has 0 radical (unpaired) electrons. The van der Waals surface area contributed by atoms with Gasteiger partial charge in [-0.05, 0) is 71.7 Å². The Hall–Kier alpha value is -3.64. The Labute approximate surface area is 188 Å². The van der Waals surface area contributed by atoms with Crippen LogP contribution < -0.4 is 5.73 Å². The van der Waals surface area contributed by atoms with E-state index in [1.165, 1.54) is 4.90 Å². The van der Waals surface area contributed by atoms with E-state index in [2.05, 4.69) is 23.9 Å². The zero-order valence-electron chi connectivity index (χ0n) is 18.4. The number of guanidine groups is 1. The molecule has 3 aliphatic rings. The first-order valence-electron chi connectivity index (χ1n) is 11.0. The fraction of sp³-hybridized carbons (Fsp3) is 0.385. The van der Waals surface area contributed by atoms with E-state index in [4.69, 9.17) is 17.3 Å². The van der Waals surface area contributed by atoms with Crippen molar-refractivity contribution >= 4 is 17.6 Å². The minimum Gasteiger partial charge on any atom is -0.369 e. The quantitative estimate of drug-likeness (QED) is 0.685. The number of fused-ring (bicyclic) bond motifs is 3. The van der Waals surface area contributed by atoms with Gasteiger partial charge >= 0.3 is 0 Å². The van der Waals surface area contributed by atoms with E-state index in [0.29, 0.717) is 17.2 Å². The molecular formula is C26H25N5O. The molecule has 2 spiro atoms. The summed E-state index contributed by atoms with van der Waals surface area (Å²) < 4.78 is 0. The highest BCUT2D eigenvalue weighted by molar-refractivity contribution is 6.08. The number of aliphatic imine (C=N–C) groups is 1. The maximum atomic E-state index is 13.8. The Morgan fingerprint density at radius 2 is 1.97 bits per heavy atom. The summed E-state index contributed by atoms with van der Waals surface area (Å²) in [5, 5.41) is 9.40. The van der Waals surface area contributed by atoms with Gasteiger partial charge in [-0.2, -0.15) is 5.26 Å². The predicted molar refractivity (Wildman–Crippen MR) is 123 cm³/mol. The van der Waals surface area contributed by atoms with Gasteiger partial charge in [0.25, 0.3) is 5.91 Å². The molecule has 2 aromatic rings. The maximum absolute atomic E-state index is 13.8. The van der Waals surface area contributed by atoms with Gasteiger partial charge in [0, 0.05) is 18.0 Å². The van der Waals surface area contributed by atoms with Crippen LogP contribution in [-0.2, 0) is 16.8 Å². The molecule has 1 unspecified atom stereocenters. The van der Waals surface area contributed by atoms with Gasteiger partial charge in [-0.15, -0.1) is 0 Å². The van der Waals surface area contributed by atoms with Crippen LogP contribution in [0.25, 0.3) is 16.0 Å². The molecule has 0 bridgehead atoms. The van der Waals surface area contributed by atoms with Gasteiger partial charge in [0.1, 0.15) is 0 Å². The van der Waals surface area contributed by atoms with E-state index in [1.54, 1.807) is 25.2 Å². The summed E-state index contributed by atoms with van der Waals surface area (Å²) in [5.41, 5.74) is 9.56. The Kier molecular flexibility index (Phi) is 4.39. The number of carbonyl (C=O) groups excluding carboxylic acids is 1. The molecule has 1 atom stereocenters. The first-order chi connectivity index (χ1) is 15.3. The number of nitrogens with two attached hydrogens (primary N) is 1. The Balaban J connectivity index is 1.71. The number of nitriles is 1. The zero-order chi connectivity index (χ0) is 22.7. The van der Waals surface area contributed by atoms with Crippen LogP contribution in [0.5, 0.6) is 0 Å². The molecule has 0 aromatic heterocycles. The molecule has 160 valence electrons. The number of amides is 1. The normalized spacial score (nSPS) is 28.5. The van der Waals surface area contributed by atoms with Crippen LogP contribution in [0.2, 0.25) is 0 Å². The summed E-state index contributed by atoms with van der Waals surface area (Å²) in [6.07, 6.45) is 4.86. The minimum atomic E-state index is -0.993. The fourth-order valence-electron chi connectivity index (χ4n) is 5.95. The van der Waals surface area contributed by atoms with Crippen LogP contribution in [-0.4, -0.2) is 23.8 Å². The van der Waals surface area contributed by atoms with Crippen molar-refractivity contribution in [2.24, 2.45) is 22.1 Å². The van der Waals surface area contributed by atoms with Crippen LogP contribution in [0.4, 0.5) is 5.69 Å². The van der Waals surface area contributed by atoms with Crippen LogP contribution in [0.1, 0.15) is 49.3 Å². The standard InChI is InChI=1S/C26H25N5O/c1-16-6-8-25(9-7-16)14-19-5-4-18(20-10-17(15-27)11-21(12-20)29-2)13-22(19)26(25)23(32)31(3)24(28)30-26/h4-5,10-13,16H,6-9,14H2,1,3H3,(H2,28,30). The van der Waals surface area contributed by atoms with E-state index in [9.17, 15) is 10.1 Å². The average Bonchev–Trinajstić information content (AvgIpc) is 3.21. The van der Waals surface area contributed by atoms with E-state index in [0.717, 1.165) is 54.4 Å². The zero-order valence-corrected chi connectivity index (χ0v) is 18.4. The lowest BCUT2D eigenvalue weighted by atomic mass is 9.60. The van der Waals surface area contributed by atoms with E-state index in [-0.39, 0.29) is 17.3 Å². The molecule has 6 heteroatoms. The van der Waals surface area contributed by atoms with Crippen molar-refractivity contribution in [3.05, 3.63) is 64.5 Å². The highest BCUT2D eigenvalue weighted by Crippen LogP contribution is 2.62. The van der Waals surface area contributed by atoms with E-state index >= 15 is 0 Å². The third-order valence-corrected chi connectivity index (χ3v) is 7.78. The lowest BCUT2D eigenvalue weighted by Gasteiger charge is -2.45. The largest absolute Gasteiger partial charge is 0.369 e. The summed E-state index contributed by atoms with van der Waals surface area (Å²) in [7, 11) is 1.70. The van der Waals surface area contributed by atoms with Gasteiger partial charge in [0.05, 0.1) is 12.6 Å². The molecule has 1 aliphatic heterocycles. The van der Waals surface area contributed by atoms with Crippen molar-refractivity contribution < 1.29 is 4.79 Å². The van der Waals surface area contributed by atoms with Crippen molar-refractivity contribution in [3.63, 3.8) is 0 Å². The van der Waals surface area contributed by atoms with Crippen LogP contribution >= 0.6 is 0 Å². The summed E-state index contributed by atoms with van der Waals surface area (Å²) >= 11 is 0. The second kappa shape index (κ2) is 6.93. The van der Waals surface area contributed by atoms with Crippen LogP contribution in [0.3, 0.4) is 0 Å². The monoisotopic (exact) mass is 423 g/mol. The van der Waals surface area contributed by atoms with Crippen molar-refractivity contribution in [2.45, 2.75) is 44.6 Å². The number of hydrogen-bond donors (Lipinski definition) is 1. The SMILES string of the molecule is [C-]#[N+]c1cc(C#N)cc(-c2ccc3c(c2)C2(N=C(N)N(C)C2=O)C2(CCC(C)CC2)C3)c1. The fourth-order valence-corrected chi connectivity index (χ4v) is 5.95. The molecule has 2 aliphatic carbocycles. The Morgan fingerprint density at radius 3 is 2.59 bits per heavy atom. The first-order valence-corrected chi connectivity index (χ1v) is 11.0. The minimum absolute atomic E-state index is 0.0481. The van der Waals surface area contributed by atoms with Gasteiger partial charge in [0.15, 0.2) is 17.2 Å². The predicted octanol–water partition coefficient (Wildman–Crippen LogP) is 4.51. The molecule has 32 heavy (non-hydrogen) atoms. The lowest BCUT2D eigenvalue weighted by Crippen LogP contribution is -2.50. The molecule has 2 N–H and O–H groups in total. The molecule has 2 aromatic carbocycles. The molecule has 6 nitrogen and oxygen atoms in total. The van der Waals surface area contributed by atoms with Crippen molar-refractivity contribution in [2.75, 3.05) is 7.05 Å². The van der Waals surface area contributed by atoms with Gasteiger partial charge in [-0.25, -0.2) is 9.84 Å².